The first-order chi connectivity index (χ1) is 7.72. The molecule has 86 valence electrons. The number of carbonyl (C=O) groups excluding carboxylic acids is 1. The van der Waals surface area contributed by atoms with E-state index in [2.05, 4.69) is 0 Å². The van der Waals surface area contributed by atoms with Crippen LogP contribution in [0.4, 0.5) is 0 Å². The highest BCUT2D eigenvalue weighted by Gasteiger charge is 1.95. The van der Waals surface area contributed by atoms with Gasteiger partial charge in [-0.1, -0.05) is 12.1 Å². The minimum atomic E-state index is -0.457. The van der Waals surface area contributed by atoms with E-state index in [1.54, 1.807) is 30.3 Å². The molecule has 1 N–H and O–H groups in total. The molecule has 1 rings (SSSR count). The molecule has 0 saturated heterocycles. The Morgan fingerprint density at radius 3 is 2.69 bits per heavy atom. The minimum Gasteiger partial charge on any atom is -0.508 e. The predicted octanol–water partition coefficient (Wildman–Crippen LogP) is 1.94. The highest BCUT2D eigenvalue weighted by atomic mass is 16.7. The number of ether oxygens (including phenoxy) is 2. The maximum Gasteiger partial charge on any atom is 0.332 e. The molecule has 0 aromatic heterocycles. The highest BCUT2D eigenvalue weighted by Crippen LogP contribution is 2.10. The maximum atomic E-state index is 11.1. The van der Waals surface area contributed by atoms with Gasteiger partial charge in [0.15, 0.2) is 6.79 Å². The first-order valence-corrected chi connectivity index (χ1v) is 4.94. The predicted molar refractivity (Wildman–Crippen MR) is 59.7 cm³/mol. The van der Waals surface area contributed by atoms with Crippen LogP contribution in [0.2, 0.25) is 0 Å². The SMILES string of the molecule is CCOCOC(=O)C=Cc1ccc(O)cc1. The first kappa shape index (κ1) is 12.3. The second-order valence-corrected chi connectivity index (χ2v) is 3.00. The molecule has 1 aromatic carbocycles. The molecule has 0 fully saturated rings. The lowest BCUT2D eigenvalue weighted by atomic mass is 10.2. The average Bonchev–Trinajstić information content (AvgIpc) is 2.29. The van der Waals surface area contributed by atoms with Crippen LogP contribution in [0.25, 0.3) is 6.08 Å². The standard InChI is InChI=1S/C12H14O4/c1-2-15-9-16-12(14)8-5-10-3-6-11(13)7-4-10/h3-8,13H,2,9H2,1H3. The fraction of sp³-hybridized carbons (Fsp3) is 0.250. The van der Waals surface area contributed by atoms with Gasteiger partial charge in [0.05, 0.1) is 0 Å². The van der Waals surface area contributed by atoms with E-state index in [1.165, 1.54) is 6.08 Å². The molecule has 0 amide bonds. The fourth-order valence-electron chi connectivity index (χ4n) is 0.981. The second-order valence-electron chi connectivity index (χ2n) is 3.00. The van der Waals surface area contributed by atoms with Gasteiger partial charge in [-0.3, -0.25) is 0 Å². The van der Waals surface area contributed by atoms with Crippen molar-refractivity contribution in [1.82, 2.24) is 0 Å². The zero-order valence-corrected chi connectivity index (χ0v) is 9.05. The lowest BCUT2D eigenvalue weighted by molar-refractivity contribution is -0.149. The normalized spacial score (nSPS) is 10.6. The summed E-state index contributed by atoms with van der Waals surface area (Å²) in [6.07, 6.45) is 2.92. The van der Waals surface area contributed by atoms with Crippen molar-refractivity contribution in [2.75, 3.05) is 13.4 Å². The molecule has 4 nitrogen and oxygen atoms in total. The summed E-state index contributed by atoms with van der Waals surface area (Å²) in [5, 5.41) is 9.05. The van der Waals surface area contributed by atoms with Crippen LogP contribution >= 0.6 is 0 Å². The van der Waals surface area contributed by atoms with E-state index >= 15 is 0 Å². The second kappa shape index (κ2) is 6.63. The topological polar surface area (TPSA) is 55.8 Å². The number of phenolic OH excluding ortho intramolecular Hbond substituents is 1. The van der Waals surface area contributed by atoms with E-state index in [9.17, 15) is 4.79 Å². The number of esters is 1. The van der Waals surface area contributed by atoms with Crippen LogP contribution in [0, 0.1) is 0 Å². The van der Waals surface area contributed by atoms with Crippen molar-refractivity contribution >= 4 is 12.0 Å². The monoisotopic (exact) mass is 222 g/mol. The van der Waals surface area contributed by atoms with E-state index in [-0.39, 0.29) is 12.5 Å². The molecular weight excluding hydrogens is 208 g/mol. The molecule has 4 heteroatoms. The van der Waals surface area contributed by atoms with Gasteiger partial charge in [0, 0.05) is 12.7 Å². The van der Waals surface area contributed by atoms with Crippen LogP contribution in [0.1, 0.15) is 12.5 Å². The number of benzene rings is 1. The quantitative estimate of drug-likeness (QED) is 0.358. The lowest BCUT2D eigenvalue weighted by Gasteiger charge is -2.00. The molecule has 0 atom stereocenters. The Morgan fingerprint density at radius 1 is 1.38 bits per heavy atom. The molecule has 0 aliphatic carbocycles. The van der Waals surface area contributed by atoms with Crippen molar-refractivity contribution in [1.29, 1.82) is 0 Å². The Kier molecular flexibility index (Phi) is 5.08. The van der Waals surface area contributed by atoms with Gasteiger partial charge in [0.2, 0.25) is 0 Å². The Morgan fingerprint density at radius 2 is 2.06 bits per heavy atom. The molecule has 16 heavy (non-hydrogen) atoms. The summed E-state index contributed by atoms with van der Waals surface area (Å²) in [6, 6.07) is 6.49. The summed E-state index contributed by atoms with van der Waals surface area (Å²) in [7, 11) is 0. The Balaban J connectivity index is 2.41. The van der Waals surface area contributed by atoms with E-state index in [4.69, 9.17) is 14.6 Å². The smallest absolute Gasteiger partial charge is 0.332 e. The van der Waals surface area contributed by atoms with Gasteiger partial charge in [-0.05, 0) is 30.7 Å². The Hall–Kier alpha value is -1.81. The Bertz CT molecular complexity index is 354. The van der Waals surface area contributed by atoms with Crippen molar-refractivity contribution in [3.8, 4) is 5.75 Å². The van der Waals surface area contributed by atoms with Gasteiger partial charge in [0.25, 0.3) is 0 Å². The molecule has 0 aliphatic heterocycles. The van der Waals surface area contributed by atoms with Crippen LogP contribution in [-0.4, -0.2) is 24.5 Å². The van der Waals surface area contributed by atoms with E-state index in [0.29, 0.717) is 6.61 Å². The van der Waals surface area contributed by atoms with Crippen molar-refractivity contribution in [2.24, 2.45) is 0 Å². The third kappa shape index (κ3) is 4.61. The summed E-state index contributed by atoms with van der Waals surface area (Å²) >= 11 is 0. The van der Waals surface area contributed by atoms with Crippen LogP contribution in [0.15, 0.2) is 30.3 Å². The summed E-state index contributed by atoms with van der Waals surface area (Å²) in [5.74, 6) is -0.266. The van der Waals surface area contributed by atoms with E-state index < -0.39 is 5.97 Å². The van der Waals surface area contributed by atoms with Gasteiger partial charge in [0.1, 0.15) is 5.75 Å². The van der Waals surface area contributed by atoms with Gasteiger partial charge >= 0.3 is 5.97 Å². The highest BCUT2D eigenvalue weighted by molar-refractivity contribution is 5.86. The van der Waals surface area contributed by atoms with Crippen molar-refractivity contribution in [2.45, 2.75) is 6.92 Å². The van der Waals surface area contributed by atoms with Crippen LogP contribution in [-0.2, 0) is 14.3 Å². The molecular formula is C12H14O4. The first-order valence-electron chi connectivity index (χ1n) is 4.94. The van der Waals surface area contributed by atoms with Crippen LogP contribution < -0.4 is 0 Å². The summed E-state index contributed by atoms with van der Waals surface area (Å²) in [6.45, 7) is 2.30. The van der Waals surface area contributed by atoms with Crippen molar-refractivity contribution in [3.63, 3.8) is 0 Å². The fourth-order valence-corrected chi connectivity index (χ4v) is 0.981. The van der Waals surface area contributed by atoms with Crippen molar-refractivity contribution < 1.29 is 19.4 Å². The molecule has 0 unspecified atom stereocenters. The number of hydrogen-bond acceptors (Lipinski definition) is 4. The summed E-state index contributed by atoms with van der Waals surface area (Å²) in [4.78, 5) is 11.1. The number of rotatable bonds is 5. The lowest BCUT2D eigenvalue weighted by Crippen LogP contribution is -2.05. The molecule has 0 spiro atoms. The number of hydrogen-bond donors (Lipinski definition) is 1. The maximum absolute atomic E-state index is 11.1. The van der Waals surface area contributed by atoms with Crippen LogP contribution in [0.3, 0.4) is 0 Å². The van der Waals surface area contributed by atoms with E-state index in [0.717, 1.165) is 5.56 Å². The summed E-state index contributed by atoms with van der Waals surface area (Å²) in [5.41, 5.74) is 0.811. The Labute approximate surface area is 94.1 Å². The number of carbonyl (C=O) groups is 1. The van der Waals surface area contributed by atoms with Gasteiger partial charge in [-0.2, -0.15) is 0 Å². The molecule has 1 aromatic rings. The zero-order valence-electron chi connectivity index (χ0n) is 9.05. The minimum absolute atomic E-state index is 0.0325. The molecule has 0 heterocycles. The van der Waals surface area contributed by atoms with Crippen LogP contribution in [0.5, 0.6) is 5.75 Å². The molecule has 0 radical (unpaired) electrons. The van der Waals surface area contributed by atoms with Gasteiger partial charge in [-0.15, -0.1) is 0 Å². The van der Waals surface area contributed by atoms with Gasteiger partial charge < -0.3 is 14.6 Å². The van der Waals surface area contributed by atoms with Crippen molar-refractivity contribution in [3.05, 3.63) is 35.9 Å². The molecule has 0 aliphatic rings. The molecule has 0 bridgehead atoms. The third-order valence-corrected chi connectivity index (χ3v) is 1.79. The largest absolute Gasteiger partial charge is 0.508 e. The zero-order chi connectivity index (χ0) is 11.8. The third-order valence-electron chi connectivity index (χ3n) is 1.79. The van der Waals surface area contributed by atoms with E-state index in [1.807, 2.05) is 6.92 Å². The number of phenols is 1. The number of aromatic hydroxyl groups is 1. The summed E-state index contributed by atoms with van der Waals surface area (Å²) < 4.78 is 9.59. The molecule has 0 saturated carbocycles. The average molecular weight is 222 g/mol. The van der Waals surface area contributed by atoms with Gasteiger partial charge in [-0.25, -0.2) is 4.79 Å².